The van der Waals surface area contributed by atoms with Crippen LogP contribution in [0.15, 0.2) is 36.5 Å². The maximum absolute atomic E-state index is 12.7. The van der Waals surface area contributed by atoms with Crippen LogP contribution < -0.4 is 0 Å². The van der Waals surface area contributed by atoms with Crippen molar-refractivity contribution in [1.29, 1.82) is 0 Å². The smallest absolute Gasteiger partial charge is 0.306 e. The summed E-state index contributed by atoms with van der Waals surface area (Å²) < 4.78 is 16.6. The molecule has 0 saturated heterocycles. The third kappa shape index (κ3) is 38.9. The van der Waals surface area contributed by atoms with Crippen molar-refractivity contribution in [3.05, 3.63) is 36.5 Å². The summed E-state index contributed by atoms with van der Waals surface area (Å²) in [6.07, 6.45) is 45.7. The van der Waals surface area contributed by atoms with Crippen LogP contribution in [0.3, 0.4) is 0 Å². The molecule has 0 rings (SSSR count). The SMILES string of the molecule is CCCC/C=C\CCCCCCC(=O)OCC(COC(=O)CC/C=C\C/C=C\CCCCCCCC)OC(=O)CCCCCCCCCCCCC. The first-order valence-corrected chi connectivity index (χ1v) is 22.0. The molecule has 0 aliphatic carbocycles. The molecule has 0 aliphatic heterocycles. The number of carbonyl (C=O) groups excluding carboxylic acids is 3. The third-order valence-electron chi connectivity index (χ3n) is 9.38. The first-order valence-electron chi connectivity index (χ1n) is 22.0. The summed E-state index contributed by atoms with van der Waals surface area (Å²) in [4.78, 5) is 37.6. The van der Waals surface area contributed by atoms with Crippen LogP contribution in [0, 0.1) is 0 Å². The average molecular weight is 731 g/mol. The monoisotopic (exact) mass is 731 g/mol. The fourth-order valence-corrected chi connectivity index (χ4v) is 6.00. The fraction of sp³-hybridized carbons (Fsp3) is 0.804. The van der Waals surface area contributed by atoms with Crippen LogP contribution in [0.2, 0.25) is 0 Å². The molecule has 6 nitrogen and oxygen atoms in total. The lowest BCUT2D eigenvalue weighted by atomic mass is 10.1. The van der Waals surface area contributed by atoms with E-state index in [1.165, 1.54) is 103 Å². The lowest BCUT2D eigenvalue weighted by molar-refractivity contribution is -0.166. The molecule has 0 bridgehead atoms. The lowest BCUT2D eigenvalue weighted by Crippen LogP contribution is -2.30. The predicted molar refractivity (Wildman–Crippen MR) is 219 cm³/mol. The zero-order valence-electron chi connectivity index (χ0n) is 34.3. The number of carbonyl (C=O) groups is 3. The molecule has 0 spiro atoms. The Balaban J connectivity index is 4.45. The molecule has 0 aromatic heterocycles. The van der Waals surface area contributed by atoms with E-state index in [-0.39, 0.29) is 37.5 Å². The van der Waals surface area contributed by atoms with Gasteiger partial charge in [0.1, 0.15) is 13.2 Å². The molecule has 0 heterocycles. The van der Waals surface area contributed by atoms with Gasteiger partial charge in [-0.15, -0.1) is 0 Å². The topological polar surface area (TPSA) is 78.9 Å². The second-order valence-corrected chi connectivity index (χ2v) is 14.6. The van der Waals surface area contributed by atoms with E-state index < -0.39 is 6.10 Å². The van der Waals surface area contributed by atoms with Crippen molar-refractivity contribution in [2.45, 2.75) is 226 Å². The van der Waals surface area contributed by atoms with Gasteiger partial charge in [0.25, 0.3) is 0 Å². The molecule has 0 aliphatic rings. The van der Waals surface area contributed by atoms with E-state index in [1.807, 2.05) is 6.08 Å². The number of esters is 3. The second-order valence-electron chi connectivity index (χ2n) is 14.6. The Labute approximate surface area is 321 Å². The third-order valence-corrected chi connectivity index (χ3v) is 9.38. The standard InChI is InChI=1S/C46H82O6/c1-4-7-10-13-16-19-22-23-25-27-30-33-36-39-45(48)51-42-43(41-50-44(47)38-35-32-29-26-21-18-15-12-9-6-3)52-46(49)40-37-34-31-28-24-20-17-14-11-8-5-2/h15,18,23,25,30,33,43H,4-14,16-17,19-22,24,26-29,31-32,34-42H2,1-3H3/b18-15-,25-23-,33-30-. The van der Waals surface area contributed by atoms with Crippen molar-refractivity contribution in [3.8, 4) is 0 Å². The van der Waals surface area contributed by atoms with Crippen molar-refractivity contribution in [1.82, 2.24) is 0 Å². The Kier molecular flexibility index (Phi) is 39.5. The summed E-state index contributed by atoms with van der Waals surface area (Å²) in [5.74, 6) is -0.978. The number of hydrogen-bond donors (Lipinski definition) is 0. The number of unbranched alkanes of at least 4 members (excludes halogenated alkanes) is 22. The molecule has 1 atom stereocenters. The van der Waals surface area contributed by atoms with Crippen molar-refractivity contribution < 1.29 is 28.6 Å². The summed E-state index contributed by atoms with van der Waals surface area (Å²) in [5.41, 5.74) is 0. The zero-order chi connectivity index (χ0) is 38.0. The number of allylic oxidation sites excluding steroid dienone is 6. The van der Waals surface area contributed by atoms with Crippen LogP contribution in [0.25, 0.3) is 0 Å². The highest BCUT2D eigenvalue weighted by atomic mass is 16.6. The van der Waals surface area contributed by atoms with Gasteiger partial charge in [-0.25, -0.2) is 0 Å². The van der Waals surface area contributed by atoms with Crippen LogP contribution in [0.4, 0.5) is 0 Å². The molecule has 0 N–H and O–H groups in total. The Morgan fingerprint density at radius 2 is 0.750 bits per heavy atom. The van der Waals surface area contributed by atoms with Gasteiger partial charge in [0.2, 0.25) is 0 Å². The minimum absolute atomic E-state index is 0.0936. The molecule has 0 fully saturated rings. The van der Waals surface area contributed by atoms with E-state index >= 15 is 0 Å². The Morgan fingerprint density at radius 3 is 1.25 bits per heavy atom. The highest BCUT2D eigenvalue weighted by Crippen LogP contribution is 2.14. The summed E-state index contributed by atoms with van der Waals surface area (Å²) in [5, 5.41) is 0. The van der Waals surface area contributed by atoms with Crippen molar-refractivity contribution >= 4 is 17.9 Å². The van der Waals surface area contributed by atoms with Crippen LogP contribution in [0.1, 0.15) is 220 Å². The van der Waals surface area contributed by atoms with Crippen molar-refractivity contribution in [2.75, 3.05) is 13.2 Å². The summed E-state index contributed by atoms with van der Waals surface area (Å²) in [7, 11) is 0. The Morgan fingerprint density at radius 1 is 0.385 bits per heavy atom. The molecular weight excluding hydrogens is 648 g/mol. The van der Waals surface area contributed by atoms with Crippen LogP contribution in [0.5, 0.6) is 0 Å². The lowest BCUT2D eigenvalue weighted by Gasteiger charge is -2.18. The van der Waals surface area contributed by atoms with E-state index in [9.17, 15) is 14.4 Å². The first kappa shape index (κ1) is 49.6. The molecule has 52 heavy (non-hydrogen) atoms. The van der Waals surface area contributed by atoms with Gasteiger partial charge in [-0.2, -0.15) is 0 Å². The molecule has 6 heteroatoms. The summed E-state index contributed by atoms with van der Waals surface area (Å²) >= 11 is 0. The van der Waals surface area contributed by atoms with Crippen LogP contribution >= 0.6 is 0 Å². The zero-order valence-corrected chi connectivity index (χ0v) is 34.3. The van der Waals surface area contributed by atoms with Crippen molar-refractivity contribution in [2.24, 2.45) is 0 Å². The molecule has 0 amide bonds. The van der Waals surface area contributed by atoms with Gasteiger partial charge >= 0.3 is 17.9 Å². The maximum Gasteiger partial charge on any atom is 0.306 e. The minimum Gasteiger partial charge on any atom is -0.462 e. The van der Waals surface area contributed by atoms with Gasteiger partial charge < -0.3 is 14.2 Å². The molecular formula is C46H82O6. The number of ether oxygens (including phenoxy) is 3. The number of hydrogen-bond acceptors (Lipinski definition) is 6. The summed E-state index contributed by atoms with van der Waals surface area (Å²) in [6.45, 7) is 6.50. The van der Waals surface area contributed by atoms with Gasteiger partial charge in [-0.1, -0.05) is 179 Å². The Hall–Kier alpha value is -2.37. The van der Waals surface area contributed by atoms with E-state index in [2.05, 4.69) is 51.2 Å². The summed E-state index contributed by atoms with van der Waals surface area (Å²) in [6, 6.07) is 0. The molecule has 0 radical (unpaired) electrons. The number of rotatable bonds is 39. The van der Waals surface area contributed by atoms with Gasteiger partial charge in [0, 0.05) is 19.3 Å². The van der Waals surface area contributed by atoms with Crippen LogP contribution in [-0.2, 0) is 28.6 Å². The van der Waals surface area contributed by atoms with Gasteiger partial charge in [-0.3, -0.25) is 14.4 Å². The largest absolute Gasteiger partial charge is 0.462 e. The van der Waals surface area contributed by atoms with E-state index in [0.29, 0.717) is 19.3 Å². The van der Waals surface area contributed by atoms with E-state index in [4.69, 9.17) is 14.2 Å². The normalized spacial score (nSPS) is 12.3. The predicted octanol–water partition coefficient (Wildman–Crippen LogP) is 13.8. The van der Waals surface area contributed by atoms with Gasteiger partial charge in [0.15, 0.2) is 6.10 Å². The molecule has 0 saturated carbocycles. The van der Waals surface area contributed by atoms with Gasteiger partial charge in [-0.05, 0) is 57.8 Å². The highest BCUT2D eigenvalue weighted by Gasteiger charge is 2.19. The minimum atomic E-state index is -0.792. The quantitative estimate of drug-likeness (QED) is 0.0271. The molecule has 0 aromatic rings. The molecule has 0 aromatic carbocycles. The maximum atomic E-state index is 12.7. The first-order chi connectivity index (χ1) is 25.5. The molecule has 302 valence electrons. The highest BCUT2D eigenvalue weighted by molar-refractivity contribution is 5.71. The Bertz CT molecular complexity index is 891. The van der Waals surface area contributed by atoms with E-state index in [1.54, 1.807) is 0 Å². The average Bonchev–Trinajstić information content (AvgIpc) is 3.14. The van der Waals surface area contributed by atoms with Crippen LogP contribution in [-0.4, -0.2) is 37.2 Å². The van der Waals surface area contributed by atoms with Gasteiger partial charge in [0.05, 0.1) is 0 Å². The van der Waals surface area contributed by atoms with E-state index in [0.717, 1.165) is 70.6 Å². The molecule has 1 unspecified atom stereocenters. The van der Waals surface area contributed by atoms with Crippen molar-refractivity contribution in [3.63, 3.8) is 0 Å². The fourth-order valence-electron chi connectivity index (χ4n) is 6.00. The second kappa shape index (κ2) is 41.4.